The SMILES string of the molecule is CC(=O)N(C)CN(C)C(C)=O.COS(=O)CC(C)=O.COS(=O)CC(C)=O.COS(=O)NC(C)=O.COS(C)=O. The van der Waals surface area contributed by atoms with Crippen molar-refractivity contribution in [1.82, 2.24) is 14.5 Å². The molecule has 240 valence electrons. The molecule has 0 heterocycles. The molecular formula is C20H43N3O13S4. The molecule has 16 nitrogen and oxygen atoms in total. The standard InChI is InChI=1S/C7H14N2O2.2C4H8O3S.C3H7NO3S.C2H6O2S/c1-6(10)8(3)5-9(4)7(2)11;2*1-4(5)3-8(6)7-2;1-3(5)4-8(6)7-2;1-4-5(2)3/h5H2,1-4H3;2*3H2,1-2H3;1-2H3,(H,4,5);1-2H3. The van der Waals surface area contributed by atoms with Crippen molar-refractivity contribution in [1.29, 1.82) is 0 Å². The molecule has 0 rings (SSSR count). The van der Waals surface area contributed by atoms with E-state index in [1.165, 1.54) is 79.1 Å². The van der Waals surface area contributed by atoms with E-state index in [4.69, 9.17) is 0 Å². The molecule has 0 radical (unpaired) electrons. The van der Waals surface area contributed by atoms with Gasteiger partial charge in [0.05, 0.1) is 35.1 Å². The first-order valence-corrected chi connectivity index (χ1v) is 15.7. The zero-order chi connectivity index (χ0) is 33.0. The molecule has 0 aromatic rings. The van der Waals surface area contributed by atoms with Crippen molar-refractivity contribution in [2.24, 2.45) is 0 Å². The van der Waals surface area contributed by atoms with E-state index in [1.807, 2.05) is 4.72 Å². The van der Waals surface area contributed by atoms with E-state index in [9.17, 15) is 40.8 Å². The van der Waals surface area contributed by atoms with Crippen molar-refractivity contribution in [2.75, 3.05) is 67.0 Å². The van der Waals surface area contributed by atoms with Crippen LogP contribution in [0.4, 0.5) is 0 Å². The molecule has 3 amide bonds. The van der Waals surface area contributed by atoms with E-state index in [0.29, 0.717) is 6.67 Å². The zero-order valence-corrected chi connectivity index (χ0v) is 28.2. The van der Waals surface area contributed by atoms with Crippen LogP contribution >= 0.6 is 0 Å². The zero-order valence-electron chi connectivity index (χ0n) is 25.0. The van der Waals surface area contributed by atoms with Gasteiger partial charge in [0.1, 0.15) is 23.1 Å². The minimum Gasteiger partial charge on any atom is -0.328 e. The molecule has 0 aromatic carbocycles. The third kappa shape index (κ3) is 49.2. The van der Waals surface area contributed by atoms with E-state index in [0.717, 1.165) is 0 Å². The lowest BCUT2D eigenvalue weighted by atomic mass is 10.5. The predicted octanol–water partition coefficient (Wildman–Crippen LogP) is -1.05. The summed E-state index contributed by atoms with van der Waals surface area (Å²) in [7, 11) is 8.56. The number of rotatable bonds is 11. The molecule has 0 aliphatic heterocycles. The maximum Gasteiger partial charge on any atom is 0.263 e. The van der Waals surface area contributed by atoms with Gasteiger partial charge >= 0.3 is 0 Å². The third-order valence-electron chi connectivity index (χ3n) is 3.13. The maximum absolute atomic E-state index is 10.7. The summed E-state index contributed by atoms with van der Waals surface area (Å²) < 4.78 is 59.5. The normalized spacial score (nSPS) is 12.2. The van der Waals surface area contributed by atoms with E-state index in [1.54, 1.807) is 14.1 Å². The average molecular weight is 662 g/mol. The molecule has 4 atom stereocenters. The first-order chi connectivity index (χ1) is 18.2. The average Bonchev–Trinajstić information content (AvgIpc) is 2.83. The molecule has 0 aliphatic carbocycles. The summed E-state index contributed by atoms with van der Waals surface area (Å²) in [5, 5.41) is 0. The Kier molecular flexibility index (Phi) is 38.0. The number of amides is 3. The fourth-order valence-corrected chi connectivity index (χ4v) is 2.34. The van der Waals surface area contributed by atoms with Gasteiger partial charge in [-0.2, -0.15) is 0 Å². The van der Waals surface area contributed by atoms with Crippen LogP contribution in [0.1, 0.15) is 34.6 Å². The molecule has 20 heteroatoms. The lowest BCUT2D eigenvalue weighted by Crippen LogP contribution is -2.38. The molecule has 0 fully saturated rings. The Morgan fingerprint density at radius 2 is 0.925 bits per heavy atom. The highest BCUT2D eigenvalue weighted by molar-refractivity contribution is 7.81. The second kappa shape index (κ2) is 31.7. The van der Waals surface area contributed by atoms with Gasteiger partial charge in [0, 0.05) is 41.1 Å². The van der Waals surface area contributed by atoms with Gasteiger partial charge in [-0.15, -0.1) is 0 Å². The summed E-state index contributed by atoms with van der Waals surface area (Å²) >= 11 is -5.54. The van der Waals surface area contributed by atoms with Crippen LogP contribution in [0.3, 0.4) is 0 Å². The van der Waals surface area contributed by atoms with Gasteiger partial charge in [-0.25, -0.2) is 16.8 Å². The third-order valence-corrected chi connectivity index (χ3v) is 6.38. The lowest BCUT2D eigenvalue weighted by Gasteiger charge is -2.22. The highest BCUT2D eigenvalue weighted by Gasteiger charge is 2.07. The van der Waals surface area contributed by atoms with Crippen molar-refractivity contribution < 1.29 is 57.5 Å². The van der Waals surface area contributed by atoms with Crippen LogP contribution in [0.15, 0.2) is 0 Å². The Morgan fingerprint density at radius 3 is 1.02 bits per heavy atom. The minimum atomic E-state index is -1.66. The Hall–Kier alpha value is -1.81. The Morgan fingerprint density at radius 1 is 0.625 bits per heavy atom. The molecule has 1 N–H and O–H groups in total. The molecular weight excluding hydrogens is 618 g/mol. The van der Waals surface area contributed by atoms with Crippen LogP contribution in [-0.2, 0) is 85.2 Å². The molecule has 0 saturated heterocycles. The van der Waals surface area contributed by atoms with Gasteiger partial charge in [0.15, 0.2) is 33.2 Å². The van der Waals surface area contributed by atoms with Crippen LogP contribution in [0.5, 0.6) is 0 Å². The number of hydrogen-bond donors (Lipinski definition) is 1. The Labute approximate surface area is 246 Å². The van der Waals surface area contributed by atoms with E-state index in [-0.39, 0.29) is 40.8 Å². The first-order valence-electron chi connectivity index (χ1n) is 10.6. The van der Waals surface area contributed by atoms with Gasteiger partial charge in [0.2, 0.25) is 17.7 Å². The molecule has 0 saturated carbocycles. The number of Topliss-reactive ketones (excluding diaryl/α,β-unsaturated/α-hetero) is 2. The summed E-state index contributed by atoms with van der Waals surface area (Å²) in [5.41, 5.74) is 0. The highest BCUT2D eigenvalue weighted by Crippen LogP contribution is 1.88. The van der Waals surface area contributed by atoms with Gasteiger partial charge in [-0.1, -0.05) is 0 Å². The van der Waals surface area contributed by atoms with E-state index >= 15 is 0 Å². The monoisotopic (exact) mass is 661 g/mol. The summed E-state index contributed by atoms with van der Waals surface area (Å²) in [6.45, 7) is 7.29. The second-order valence-electron chi connectivity index (χ2n) is 6.84. The second-order valence-corrected chi connectivity index (χ2v) is 11.4. The van der Waals surface area contributed by atoms with Crippen LogP contribution in [0.2, 0.25) is 0 Å². The maximum atomic E-state index is 10.7. The van der Waals surface area contributed by atoms with Gasteiger partial charge in [0.25, 0.3) is 11.3 Å². The van der Waals surface area contributed by atoms with Gasteiger partial charge in [-0.05, 0) is 13.8 Å². The van der Waals surface area contributed by atoms with Crippen molar-refractivity contribution in [2.45, 2.75) is 34.6 Å². The molecule has 0 aliphatic rings. The largest absolute Gasteiger partial charge is 0.328 e. The summed E-state index contributed by atoms with van der Waals surface area (Å²) in [6.07, 6.45) is 1.47. The van der Waals surface area contributed by atoms with Crippen molar-refractivity contribution in [3.63, 3.8) is 0 Å². The quantitative estimate of drug-likeness (QED) is 0.262. The number of nitrogens with one attached hydrogen (secondary N) is 1. The minimum absolute atomic E-state index is 0.00347. The summed E-state index contributed by atoms with van der Waals surface area (Å²) in [6, 6.07) is 0. The van der Waals surface area contributed by atoms with Gasteiger partial charge < -0.3 is 9.80 Å². The topological polar surface area (TPSA) is 209 Å². The van der Waals surface area contributed by atoms with Crippen molar-refractivity contribution in [3.8, 4) is 0 Å². The molecule has 0 aromatic heterocycles. The van der Waals surface area contributed by atoms with Crippen LogP contribution < -0.4 is 4.72 Å². The number of nitrogens with zero attached hydrogens (tertiary/aromatic N) is 2. The molecule has 0 spiro atoms. The lowest BCUT2D eigenvalue weighted by molar-refractivity contribution is -0.134. The first kappa shape index (κ1) is 47.9. The Balaban J connectivity index is -0.000000130. The van der Waals surface area contributed by atoms with E-state index in [2.05, 4.69) is 16.7 Å². The number of ketones is 2. The molecule has 40 heavy (non-hydrogen) atoms. The summed E-state index contributed by atoms with van der Waals surface area (Å²) in [4.78, 5) is 54.6. The smallest absolute Gasteiger partial charge is 0.263 e. The number of carbonyl (C=O) groups is 5. The van der Waals surface area contributed by atoms with Crippen LogP contribution in [0, 0.1) is 0 Å². The highest BCUT2D eigenvalue weighted by atomic mass is 32.2. The summed E-state index contributed by atoms with van der Waals surface area (Å²) in [5.74, 6) is -0.704. The fraction of sp³-hybridized carbons (Fsp3) is 0.750. The molecule has 4 unspecified atom stereocenters. The van der Waals surface area contributed by atoms with Crippen LogP contribution in [0.25, 0.3) is 0 Å². The van der Waals surface area contributed by atoms with Crippen molar-refractivity contribution >= 4 is 73.8 Å². The predicted molar refractivity (Wildman–Crippen MR) is 153 cm³/mol. The fourth-order valence-electron chi connectivity index (χ4n) is 1.13. The molecule has 0 bridgehead atoms. The van der Waals surface area contributed by atoms with E-state index < -0.39 is 44.5 Å². The Bertz CT molecular complexity index is 773. The number of carbonyl (C=O) groups excluding carboxylic acids is 5. The van der Waals surface area contributed by atoms with Crippen LogP contribution in [-0.4, -0.2) is 123 Å². The van der Waals surface area contributed by atoms with Crippen molar-refractivity contribution in [3.05, 3.63) is 0 Å². The number of hydrogen-bond acceptors (Lipinski definition) is 13. The van der Waals surface area contributed by atoms with Gasteiger partial charge in [-0.3, -0.25) is 45.4 Å².